The van der Waals surface area contributed by atoms with Gasteiger partial charge in [-0.15, -0.1) is 0 Å². The third kappa shape index (κ3) is 2.63. The minimum Gasteiger partial charge on any atom is -0.390 e. The molecule has 2 N–H and O–H groups in total. The minimum absolute atomic E-state index is 0.149. The lowest BCUT2D eigenvalue weighted by atomic mass is 9.69. The molecule has 1 saturated carbocycles. The van der Waals surface area contributed by atoms with Gasteiger partial charge in [-0.3, -0.25) is 9.69 Å². The molecule has 4 nitrogen and oxygen atoms in total. The van der Waals surface area contributed by atoms with Crippen LogP contribution in [0.2, 0.25) is 0 Å². The highest BCUT2D eigenvalue weighted by atomic mass is 16.3. The van der Waals surface area contributed by atoms with E-state index in [-0.39, 0.29) is 5.43 Å². The molecule has 0 aromatic carbocycles. The summed E-state index contributed by atoms with van der Waals surface area (Å²) in [5.41, 5.74) is 2.30. The largest absolute Gasteiger partial charge is 0.390 e. The first-order chi connectivity index (χ1) is 10.4. The third-order valence-corrected chi connectivity index (χ3v) is 6.00. The summed E-state index contributed by atoms with van der Waals surface area (Å²) in [5, 5.41) is 10.9. The van der Waals surface area contributed by atoms with Gasteiger partial charge >= 0.3 is 0 Å². The molecule has 1 aromatic rings. The van der Waals surface area contributed by atoms with E-state index in [9.17, 15) is 9.90 Å². The van der Waals surface area contributed by atoms with Crippen molar-refractivity contribution in [1.82, 2.24) is 9.88 Å². The van der Waals surface area contributed by atoms with Crippen molar-refractivity contribution in [1.29, 1.82) is 0 Å². The van der Waals surface area contributed by atoms with Gasteiger partial charge in [0.1, 0.15) is 0 Å². The van der Waals surface area contributed by atoms with Gasteiger partial charge in [-0.25, -0.2) is 0 Å². The number of hydrogen-bond donors (Lipinski definition) is 2. The maximum absolute atomic E-state index is 12.1. The van der Waals surface area contributed by atoms with Crippen LogP contribution in [-0.2, 0) is 6.54 Å². The first kappa shape index (κ1) is 15.8. The van der Waals surface area contributed by atoms with Gasteiger partial charge in [0, 0.05) is 48.6 Å². The van der Waals surface area contributed by atoms with Gasteiger partial charge in [-0.05, 0) is 39.0 Å². The van der Waals surface area contributed by atoms with Gasteiger partial charge in [0.15, 0.2) is 5.43 Å². The summed E-state index contributed by atoms with van der Waals surface area (Å²) in [5.74, 6) is 1.000. The lowest BCUT2D eigenvalue weighted by Gasteiger charge is -2.40. The number of aromatic nitrogens is 1. The van der Waals surface area contributed by atoms with E-state index < -0.39 is 5.60 Å². The number of nitrogens with one attached hydrogen (secondary N) is 1. The van der Waals surface area contributed by atoms with Gasteiger partial charge in [-0.2, -0.15) is 0 Å². The molecular weight excluding hydrogens is 276 g/mol. The predicted octanol–water partition coefficient (Wildman–Crippen LogP) is 2.36. The molecule has 22 heavy (non-hydrogen) atoms. The number of aryl methyl sites for hydroxylation is 1. The van der Waals surface area contributed by atoms with E-state index >= 15 is 0 Å². The number of fused-ring (bicyclic) bond motifs is 1. The Morgan fingerprint density at radius 3 is 2.91 bits per heavy atom. The Balaban J connectivity index is 1.76. The lowest BCUT2D eigenvalue weighted by molar-refractivity contribution is -0.0613. The van der Waals surface area contributed by atoms with E-state index in [1.54, 1.807) is 0 Å². The van der Waals surface area contributed by atoms with Crippen molar-refractivity contribution in [3.8, 4) is 0 Å². The van der Waals surface area contributed by atoms with E-state index in [1.807, 2.05) is 20.0 Å². The summed E-state index contributed by atoms with van der Waals surface area (Å²) in [6, 6.07) is 0. The first-order valence-corrected chi connectivity index (χ1v) is 8.57. The van der Waals surface area contributed by atoms with E-state index in [4.69, 9.17) is 0 Å². The monoisotopic (exact) mass is 304 g/mol. The van der Waals surface area contributed by atoms with Gasteiger partial charge in [-0.1, -0.05) is 13.3 Å². The van der Waals surface area contributed by atoms with Crippen LogP contribution >= 0.6 is 0 Å². The number of H-pyrrole nitrogens is 1. The normalized spacial score (nSPS) is 32.2. The highest BCUT2D eigenvalue weighted by molar-refractivity contribution is 5.23. The summed E-state index contributed by atoms with van der Waals surface area (Å²) >= 11 is 0. The average molecular weight is 304 g/mol. The van der Waals surface area contributed by atoms with E-state index in [0.29, 0.717) is 11.8 Å². The fraction of sp³-hybridized carbons (Fsp3) is 0.722. The van der Waals surface area contributed by atoms with E-state index in [2.05, 4.69) is 16.8 Å². The van der Waals surface area contributed by atoms with Crippen molar-refractivity contribution >= 4 is 0 Å². The number of aromatic amines is 1. The molecule has 122 valence electrons. The molecule has 1 saturated heterocycles. The molecule has 0 unspecified atom stereocenters. The molecule has 1 aliphatic heterocycles. The van der Waals surface area contributed by atoms with Crippen molar-refractivity contribution in [3.05, 3.63) is 33.2 Å². The number of likely N-dealkylation sites (tertiary alicyclic amines) is 1. The van der Waals surface area contributed by atoms with Gasteiger partial charge in [0.05, 0.1) is 5.60 Å². The summed E-state index contributed by atoms with van der Waals surface area (Å²) in [6.45, 7) is 8.64. The quantitative estimate of drug-likeness (QED) is 0.901. The van der Waals surface area contributed by atoms with Crippen molar-refractivity contribution in [2.75, 3.05) is 13.1 Å². The zero-order valence-corrected chi connectivity index (χ0v) is 14.0. The maximum Gasteiger partial charge on any atom is 0.187 e. The molecule has 4 heteroatoms. The molecule has 2 heterocycles. The lowest BCUT2D eigenvalue weighted by Crippen LogP contribution is -2.44. The van der Waals surface area contributed by atoms with Gasteiger partial charge in [0.25, 0.3) is 0 Å². The number of hydrogen-bond acceptors (Lipinski definition) is 3. The topological polar surface area (TPSA) is 56.3 Å². The number of pyridine rings is 1. The molecule has 3 rings (SSSR count). The van der Waals surface area contributed by atoms with Crippen LogP contribution in [0.1, 0.15) is 49.4 Å². The molecule has 0 spiro atoms. The highest BCUT2D eigenvalue weighted by Crippen LogP contribution is 2.44. The Bertz CT molecular complexity index is 610. The molecule has 3 atom stereocenters. The van der Waals surface area contributed by atoms with Crippen LogP contribution in [0.25, 0.3) is 0 Å². The van der Waals surface area contributed by atoms with Crippen molar-refractivity contribution in [2.24, 2.45) is 11.8 Å². The third-order valence-electron chi connectivity index (χ3n) is 6.00. The number of rotatable bonds is 3. The van der Waals surface area contributed by atoms with Gasteiger partial charge < -0.3 is 10.1 Å². The molecule has 2 fully saturated rings. The van der Waals surface area contributed by atoms with Crippen LogP contribution < -0.4 is 5.43 Å². The van der Waals surface area contributed by atoms with Crippen molar-refractivity contribution in [2.45, 2.75) is 58.6 Å². The maximum atomic E-state index is 12.1. The smallest absolute Gasteiger partial charge is 0.187 e. The van der Waals surface area contributed by atoms with Crippen LogP contribution in [-0.4, -0.2) is 33.7 Å². The second-order valence-corrected chi connectivity index (χ2v) is 7.31. The molecule has 1 aromatic heterocycles. The van der Waals surface area contributed by atoms with Crippen LogP contribution in [0.15, 0.2) is 11.0 Å². The second-order valence-electron chi connectivity index (χ2n) is 7.31. The van der Waals surface area contributed by atoms with Crippen LogP contribution in [0.3, 0.4) is 0 Å². The Labute approximate surface area is 132 Å². The SMILES string of the molecule is CC[C@]1(O)CCC[C@H]2CN(Cc3[nH]cc(C)c(=O)c3C)C[C@H]21. The summed E-state index contributed by atoms with van der Waals surface area (Å²) < 4.78 is 0. The van der Waals surface area contributed by atoms with Crippen LogP contribution in [0, 0.1) is 25.7 Å². The fourth-order valence-electron chi connectivity index (χ4n) is 4.48. The molecule has 0 amide bonds. The fourth-order valence-corrected chi connectivity index (χ4v) is 4.48. The summed E-state index contributed by atoms with van der Waals surface area (Å²) in [6.07, 6.45) is 5.98. The zero-order chi connectivity index (χ0) is 15.9. The Kier molecular flexibility index (Phi) is 4.17. The second kappa shape index (κ2) is 5.82. The van der Waals surface area contributed by atoms with Crippen LogP contribution in [0.4, 0.5) is 0 Å². The number of aliphatic hydroxyl groups is 1. The molecule has 2 aliphatic rings. The number of nitrogens with zero attached hydrogens (tertiary/aromatic N) is 1. The molecule has 0 radical (unpaired) electrons. The Morgan fingerprint density at radius 2 is 2.18 bits per heavy atom. The van der Waals surface area contributed by atoms with Crippen molar-refractivity contribution in [3.63, 3.8) is 0 Å². The molecule has 1 aliphatic carbocycles. The van der Waals surface area contributed by atoms with E-state index in [0.717, 1.165) is 55.7 Å². The summed E-state index contributed by atoms with van der Waals surface area (Å²) in [7, 11) is 0. The Morgan fingerprint density at radius 1 is 1.41 bits per heavy atom. The first-order valence-electron chi connectivity index (χ1n) is 8.57. The predicted molar refractivity (Wildman–Crippen MR) is 87.9 cm³/mol. The highest BCUT2D eigenvalue weighted by Gasteiger charge is 2.47. The molecular formula is C18H28N2O2. The van der Waals surface area contributed by atoms with Crippen LogP contribution in [0.5, 0.6) is 0 Å². The van der Waals surface area contributed by atoms with Crippen molar-refractivity contribution < 1.29 is 5.11 Å². The Hall–Kier alpha value is -1.13. The average Bonchev–Trinajstić information content (AvgIpc) is 2.92. The van der Waals surface area contributed by atoms with E-state index in [1.165, 1.54) is 6.42 Å². The zero-order valence-electron chi connectivity index (χ0n) is 14.0. The summed E-state index contributed by atoms with van der Waals surface area (Å²) in [4.78, 5) is 17.8. The standard InChI is InChI=1S/C18H28N2O2/c1-4-18(22)7-5-6-14-9-20(10-15(14)18)11-16-13(3)17(21)12(2)8-19-16/h8,14-15,22H,4-7,9-11H2,1-3H3,(H,19,21)/t14-,15+,18-/m0/s1. The van der Waals surface area contributed by atoms with Gasteiger partial charge in [0.2, 0.25) is 0 Å². The minimum atomic E-state index is -0.479. The molecule has 0 bridgehead atoms.